The molecule has 2 aliphatic heterocycles. The van der Waals surface area contributed by atoms with Crippen LogP contribution >= 0.6 is 0 Å². The largest absolute Gasteiger partial charge is 0.493 e. The van der Waals surface area contributed by atoms with Gasteiger partial charge >= 0.3 is 5.69 Å². The van der Waals surface area contributed by atoms with Gasteiger partial charge in [-0.25, -0.2) is 9.48 Å². The number of nitrogens with one attached hydrogen (secondary N) is 1. The van der Waals surface area contributed by atoms with Gasteiger partial charge < -0.3 is 19.7 Å². The van der Waals surface area contributed by atoms with Gasteiger partial charge in [0, 0.05) is 32.1 Å². The topological polar surface area (TPSA) is 108 Å². The molecule has 0 bridgehead atoms. The van der Waals surface area contributed by atoms with Crippen LogP contribution < -0.4 is 20.5 Å². The molecule has 1 saturated heterocycles. The van der Waals surface area contributed by atoms with Gasteiger partial charge in [0.05, 0.1) is 25.5 Å². The number of aromatic nitrogens is 3. The van der Waals surface area contributed by atoms with Crippen molar-refractivity contribution in [2.24, 2.45) is 0 Å². The average molecular weight is 444 g/mol. The molecular formula is C22H29N5O5. The van der Waals surface area contributed by atoms with E-state index in [4.69, 9.17) is 9.47 Å². The summed E-state index contributed by atoms with van der Waals surface area (Å²) in [7, 11) is 2.98. The number of ether oxygens (including phenoxy) is 2. The fraction of sp³-hybridized carbons (Fsp3) is 0.545. The summed E-state index contributed by atoms with van der Waals surface area (Å²) in [6.45, 7) is 1.75. The fourth-order valence-electron chi connectivity index (χ4n) is 4.30. The summed E-state index contributed by atoms with van der Waals surface area (Å²) < 4.78 is 13.5. The second-order valence-electron chi connectivity index (χ2n) is 8.12. The van der Waals surface area contributed by atoms with Crippen LogP contribution in [0.5, 0.6) is 11.5 Å². The smallest absolute Gasteiger partial charge is 0.346 e. The van der Waals surface area contributed by atoms with Crippen molar-refractivity contribution in [2.45, 2.75) is 51.6 Å². The minimum Gasteiger partial charge on any atom is -0.493 e. The van der Waals surface area contributed by atoms with Crippen molar-refractivity contribution in [1.82, 2.24) is 19.2 Å². The Morgan fingerprint density at radius 2 is 1.69 bits per heavy atom. The Morgan fingerprint density at radius 1 is 1.00 bits per heavy atom. The van der Waals surface area contributed by atoms with Crippen molar-refractivity contribution in [3.63, 3.8) is 0 Å². The van der Waals surface area contributed by atoms with E-state index < -0.39 is 5.91 Å². The molecule has 1 aromatic heterocycles. The van der Waals surface area contributed by atoms with Crippen LogP contribution in [-0.4, -0.2) is 58.4 Å². The second-order valence-corrected chi connectivity index (χ2v) is 8.12. The zero-order chi connectivity index (χ0) is 22.7. The highest BCUT2D eigenvalue weighted by Crippen LogP contribution is 2.34. The molecule has 172 valence electrons. The summed E-state index contributed by atoms with van der Waals surface area (Å²) in [5.74, 6) is 0.901. The van der Waals surface area contributed by atoms with E-state index in [1.807, 2.05) is 0 Å². The first-order chi connectivity index (χ1) is 15.5. The van der Waals surface area contributed by atoms with Crippen LogP contribution in [0, 0.1) is 0 Å². The summed E-state index contributed by atoms with van der Waals surface area (Å²) in [4.78, 5) is 40.4. The van der Waals surface area contributed by atoms with Gasteiger partial charge in [-0.1, -0.05) is 6.42 Å². The minimum atomic E-state index is -0.442. The number of benzene rings is 1. The summed E-state index contributed by atoms with van der Waals surface area (Å²) >= 11 is 0. The molecule has 1 aromatic carbocycles. The number of anilines is 1. The molecule has 0 spiro atoms. The molecule has 2 amide bonds. The number of likely N-dealkylation sites (tertiary alicyclic amines) is 1. The normalized spacial score (nSPS) is 15.8. The number of hydrogen-bond acceptors (Lipinski definition) is 6. The Balaban J connectivity index is 1.59. The molecule has 10 heteroatoms. The maximum atomic E-state index is 13.1. The number of hydrogen-bond donors (Lipinski definition) is 1. The highest BCUT2D eigenvalue weighted by Gasteiger charge is 2.25. The Kier molecular flexibility index (Phi) is 6.48. The van der Waals surface area contributed by atoms with E-state index in [9.17, 15) is 14.4 Å². The number of carbonyl (C=O) groups is 2. The first-order valence-electron chi connectivity index (χ1n) is 11.0. The van der Waals surface area contributed by atoms with Crippen LogP contribution in [0.2, 0.25) is 0 Å². The quantitative estimate of drug-likeness (QED) is 0.728. The van der Waals surface area contributed by atoms with Crippen molar-refractivity contribution in [3.05, 3.63) is 34.0 Å². The maximum absolute atomic E-state index is 13.1. The SMILES string of the molecule is COc1cc(NC(=O)Cn2nc3n(c2=O)CCCCC3)c(C(=O)N2CCCC2)cc1OC. The zero-order valence-electron chi connectivity index (χ0n) is 18.6. The van der Waals surface area contributed by atoms with Crippen molar-refractivity contribution in [1.29, 1.82) is 0 Å². The summed E-state index contributed by atoms with van der Waals surface area (Å²) in [6.07, 6.45) is 5.61. The molecule has 10 nitrogen and oxygen atoms in total. The van der Waals surface area contributed by atoms with E-state index >= 15 is 0 Å². The third-order valence-electron chi connectivity index (χ3n) is 6.00. The van der Waals surface area contributed by atoms with Gasteiger partial charge in [0.15, 0.2) is 11.5 Å². The Bertz CT molecular complexity index is 1070. The fourth-order valence-corrected chi connectivity index (χ4v) is 4.30. The lowest BCUT2D eigenvalue weighted by Crippen LogP contribution is -2.32. The van der Waals surface area contributed by atoms with Crippen LogP contribution in [0.1, 0.15) is 48.3 Å². The van der Waals surface area contributed by atoms with Gasteiger partial charge in [-0.3, -0.25) is 14.2 Å². The molecule has 4 rings (SSSR count). The van der Waals surface area contributed by atoms with E-state index in [1.54, 1.807) is 21.6 Å². The number of fused-ring (bicyclic) bond motifs is 1. The Morgan fingerprint density at radius 3 is 2.41 bits per heavy atom. The van der Waals surface area contributed by atoms with Gasteiger partial charge in [-0.05, 0) is 31.7 Å². The monoisotopic (exact) mass is 443 g/mol. The Labute approximate surface area is 186 Å². The van der Waals surface area contributed by atoms with Crippen molar-refractivity contribution < 1.29 is 19.1 Å². The predicted molar refractivity (Wildman–Crippen MR) is 117 cm³/mol. The molecule has 2 aliphatic rings. The molecular weight excluding hydrogens is 414 g/mol. The first kappa shape index (κ1) is 21.9. The number of methoxy groups -OCH3 is 2. The molecule has 0 radical (unpaired) electrons. The van der Waals surface area contributed by atoms with Gasteiger partial charge in [-0.15, -0.1) is 0 Å². The first-order valence-corrected chi connectivity index (χ1v) is 11.0. The van der Waals surface area contributed by atoms with E-state index in [0.717, 1.165) is 44.3 Å². The maximum Gasteiger partial charge on any atom is 0.346 e. The number of rotatable bonds is 6. The van der Waals surface area contributed by atoms with Crippen LogP contribution in [0.25, 0.3) is 0 Å². The Hall–Kier alpha value is -3.30. The van der Waals surface area contributed by atoms with Crippen LogP contribution in [0.3, 0.4) is 0 Å². The number of amides is 2. The summed E-state index contributed by atoms with van der Waals surface area (Å²) in [6, 6.07) is 3.16. The standard InChI is InChI=1S/C22H29N5O5/c1-31-17-12-15(21(29)25-9-6-7-10-25)16(13-18(17)32-2)23-20(28)14-27-22(30)26-11-5-3-4-8-19(26)24-27/h12-13H,3-11,14H2,1-2H3,(H,23,28). The van der Waals surface area contributed by atoms with E-state index in [-0.39, 0.29) is 18.1 Å². The van der Waals surface area contributed by atoms with Crippen LogP contribution in [0.4, 0.5) is 5.69 Å². The number of aryl methyl sites for hydroxylation is 1. The average Bonchev–Trinajstić information content (AvgIpc) is 3.35. The lowest BCUT2D eigenvalue weighted by molar-refractivity contribution is -0.117. The summed E-state index contributed by atoms with van der Waals surface area (Å²) in [5.41, 5.74) is 0.363. The minimum absolute atomic E-state index is 0.176. The molecule has 0 aliphatic carbocycles. The molecule has 1 N–H and O–H groups in total. The van der Waals surface area contributed by atoms with Gasteiger partial charge in [-0.2, -0.15) is 5.10 Å². The van der Waals surface area contributed by atoms with Crippen LogP contribution in [-0.2, 0) is 24.3 Å². The zero-order valence-corrected chi connectivity index (χ0v) is 18.6. The van der Waals surface area contributed by atoms with Gasteiger partial charge in [0.2, 0.25) is 5.91 Å². The van der Waals surface area contributed by atoms with E-state index in [1.165, 1.54) is 18.9 Å². The third-order valence-corrected chi connectivity index (χ3v) is 6.00. The number of carbonyl (C=O) groups excluding carboxylic acids is 2. The molecule has 2 aromatic rings. The molecule has 1 fully saturated rings. The highest BCUT2D eigenvalue weighted by atomic mass is 16.5. The predicted octanol–water partition coefficient (Wildman–Crippen LogP) is 1.66. The molecule has 32 heavy (non-hydrogen) atoms. The lowest BCUT2D eigenvalue weighted by atomic mass is 10.1. The van der Waals surface area contributed by atoms with Crippen molar-refractivity contribution in [2.75, 3.05) is 32.6 Å². The van der Waals surface area contributed by atoms with Crippen molar-refractivity contribution >= 4 is 17.5 Å². The van der Waals surface area contributed by atoms with Gasteiger partial charge in [0.1, 0.15) is 12.4 Å². The number of nitrogens with zero attached hydrogens (tertiary/aromatic N) is 4. The van der Waals surface area contributed by atoms with E-state index in [0.29, 0.717) is 42.4 Å². The second kappa shape index (κ2) is 9.46. The van der Waals surface area contributed by atoms with Crippen molar-refractivity contribution in [3.8, 4) is 11.5 Å². The molecule has 0 atom stereocenters. The lowest BCUT2D eigenvalue weighted by Gasteiger charge is -2.20. The van der Waals surface area contributed by atoms with E-state index in [2.05, 4.69) is 10.4 Å². The third kappa shape index (κ3) is 4.35. The van der Waals surface area contributed by atoms with Gasteiger partial charge in [0.25, 0.3) is 5.91 Å². The molecule has 0 saturated carbocycles. The summed E-state index contributed by atoms with van der Waals surface area (Å²) in [5, 5.41) is 7.14. The highest BCUT2D eigenvalue weighted by molar-refractivity contribution is 6.04. The molecule has 0 unspecified atom stereocenters. The van der Waals surface area contributed by atoms with Crippen LogP contribution in [0.15, 0.2) is 16.9 Å². The molecule has 3 heterocycles.